The van der Waals surface area contributed by atoms with Gasteiger partial charge >= 0.3 is 12.0 Å². The number of rotatable bonds is 6. The van der Waals surface area contributed by atoms with Crippen molar-refractivity contribution in [3.63, 3.8) is 0 Å². The maximum absolute atomic E-state index is 11.8. The Hall–Kier alpha value is -1.26. The maximum atomic E-state index is 11.8. The van der Waals surface area contributed by atoms with E-state index in [1.165, 1.54) is 0 Å². The van der Waals surface area contributed by atoms with Gasteiger partial charge in [-0.25, -0.2) is 4.79 Å². The molecule has 3 N–H and O–H groups in total. The highest BCUT2D eigenvalue weighted by Gasteiger charge is 2.23. The number of carboxylic acids is 1. The van der Waals surface area contributed by atoms with Gasteiger partial charge in [0, 0.05) is 18.5 Å². The van der Waals surface area contributed by atoms with Gasteiger partial charge < -0.3 is 15.7 Å². The third kappa shape index (κ3) is 8.46. The van der Waals surface area contributed by atoms with Crippen molar-refractivity contribution >= 4 is 12.0 Å². The van der Waals surface area contributed by atoms with Crippen molar-refractivity contribution in [1.82, 2.24) is 10.6 Å². The summed E-state index contributed by atoms with van der Waals surface area (Å²) in [6, 6.07) is -0.244. The van der Waals surface area contributed by atoms with Gasteiger partial charge in [-0.3, -0.25) is 4.79 Å². The van der Waals surface area contributed by atoms with E-state index in [0.717, 1.165) is 0 Å². The van der Waals surface area contributed by atoms with Crippen molar-refractivity contribution in [2.24, 2.45) is 11.3 Å². The molecular formula is C14H28N2O3. The Bertz CT molecular complexity index is 319. The van der Waals surface area contributed by atoms with Crippen LogP contribution in [0.5, 0.6) is 0 Å². The van der Waals surface area contributed by atoms with E-state index in [1.807, 2.05) is 13.8 Å². The van der Waals surface area contributed by atoms with Crippen LogP contribution in [0, 0.1) is 11.3 Å². The summed E-state index contributed by atoms with van der Waals surface area (Å²) < 4.78 is 0. The van der Waals surface area contributed by atoms with E-state index in [0.29, 0.717) is 18.9 Å². The first-order valence-electron chi connectivity index (χ1n) is 6.72. The first kappa shape index (κ1) is 17.7. The number of carbonyl (C=O) groups is 2. The van der Waals surface area contributed by atoms with E-state index < -0.39 is 11.5 Å². The van der Waals surface area contributed by atoms with Crippen molar-refractivity contribution < 1.29 is 14.7 Å². The molecule has 0 bridgehead atoms. The van der Waals surface area contributed by atoms with E-state index in [9.17, 15) is 9.59 Å². The van der Waals surface area contributed by atoms with Crippen molar-refractivity contribution in [2.45, 2.75) is 59.9 Å². The van der Waals surface area contributed by atoms with Crippen LogP contribution in [0.2, 0.25) is 0 Å². The zero-order valence-corrected chi connectivity index (χ0v) is 13.0. The number of hydrogen-bond acceptors (Lipinski definition) is 2. The molecule has 19 heavy (non-hydrogen) atoms. The molecule has 0 aliphatic heterocycles. The van der Waals surface area contributed by atoms with E-state index in [-0.39, 0.29) is 17.9 Å². The quantitative estimate of drug-likeness (QED) is 0.695. The topological polar surface area (TPSA) is 78.4 Å². The van der Waals surface area contributed by atoms with Gasteiger partial charge in [0.15, 0.2) is 0 Å². The fraction of sp³-hybridized carbons (Fsp3) is 0.857. The van der Waals surface area contributed by atoms with Crippen LogP contribution >= 0.6 is 0 Å². The molecular weight excluding hydrogens is 244 g/mol. The summed E-state index contributed by atoms with van der Waals surface area (Å²) >= 11 is 0. The van der Waals surface area contributed by atoms with Gasteiger partial charge in [0.25, 0.3) is 0 Å². The average Bonchev–Trinajstić information content (AvgIpc) is 2.21. The molecule has 0 heterocycles. The fourth-order valence-corrected chi connectivity index (χ4v) is 1.39. The monoisotopic (exact) mass is 272 g/mol. The molecule has 1 atom stereocenters. The normalized spacial score (nSPS) is 13.8. The lowest BCUT2D eigenvalue weighted by molar-refractivity contribution is -0.137. The third-order valence-corrected chi connectivity index (χ3v) is 3.46. The molecule has 5 heteroatoms. The minimum Gasteiger partial charge on any atom is -0.481 e. The molecule has 0 aliphatic carbocycles. The third-order valence-electron chi connectivity index (χ3n) is 3.46. The average molecular weight is 272 g/mol. The van der Waals surface area contributed by atoms with Gasteiger partial charge in [0.05, 0.1) is 0 Å². The molecule has 1 unspecified atom stereocenters. The summed E-state index contributed by atoms with van der Waals surface area (Å²) in [5, 5.41) is 14.3. The zero-order valence-electron chi connectivity index (χ0n) is 13.0. The molecule has 0 aromatic heterocycles. The van der Waals surface area contributed by atoms with E-state index in [1.54, 1.807) is 0 Å². The lowest BCUT2D eigenvalue weighted by Crippen LogP contribution is -2.49. The molecule has 0 aromatic rings. The van der Waals surface area contributed by atoms with Crippen molar-refractivity contribution in [1.29, 1.82) is 0 Å². The largest absolute Gasteiger partial charge is 0.481 e. The van der Waals surface area contributed by atoms with Crippen molar-refractivity contribution in [3.05, 3.63) is 0 Å². The molecule has 0 saturated heterocycles. The van der Waals surface area contributed by atoms with E-state index in [4.69, 9.17) is 5.11 Å². The van der Waals surface area contributed by atoms with E-state index in [2.05, 4.69) is 38.3 Å². The summed E-state index contributed by atoms with van der Waals surface area (Å²) in [4.78, 5) is 22.3. The van der Waals surface area contributed by atoms with Crippen molar-refractivity contribution in [2.75, 3.05) is 6.54 Å². The van der Waals surface area contributed by atoms with Crippen LogP contribution in [-0.4, -0.2) is 29.2 Å². The minimum atomic E-state index is -0.850. The molecule has 0 aliphatic rings. The molecule has 0 rings (SSSR count). The maximum Gasteiger partial charge on any atom is 0.315 e. The second-order valence-corrected chi connectivity index (χ2v) is 6.88. The Labute approximate surface area is 116 Å². The Morgan fingerprint density at radius 1 is 1.16 bits per heavy atom. The van der Waals surface area contributed by atoms with Crippen LogP contribution in [0.15, 0.2) is 0 Å². The van der Waals surface area contributed by atoms with Gasteiger partial charge in [-0.15, -0.1) is 0 Å². The summed E-state index contributed by atoms with van der Waals surface area (Å²) in [6.07, 6.45) is 0.455. The number of amides is 2. The highest BCUT2D eigenvalue weighted by atomic mass is 16.4. The molecule has 5 nitrogen and oxygen atoms in total. The van der Waals surface area contributed by atoms with Crippen LogP contribution in [0.1, 0.15) is 54.4 Å². The van der Waals surface area contributed by atoms with E-state index >= 15 is 0 Å². The highest BCUT2D eigenvalue weighted by molar-refractivity contribution is 5.74. The smallest absolute Gasteiger partial charge is 0.315 e. The number of urea groups is 1. The predicted molar refractivity (Wildman–Crippen MR) is 76.1 cm³/mol. The second kappa shape index (κ2) is 6.78. The highest BCUT2D eigenvalue weighted by Crippen LogP contribution is 2.24. The second-order valence-electron chi connectivity index (χ2n) is 6.88. The van der Waals surface area contributed by atoms with Crippen LogP contribution in [-0.2, 0) is 4.79 Å². The Morgan fingerprint density at radius 3 is 2.11 bits per heavy atom. The van der Waals surface area contributed by atoms with Crippen LogP contribution in [0.25, 0.3) is 0 Å². The lowest BCUT2D eigenvalue weighted by Gasteiger charge is -2.29. The summed E-state index contributed by atoms with van der Waals surface area (Å²) in [6.45, 7) is 12.7. The minimum absolute atomic E-state index is 0.0473. The summed E-state index contributed by atoms with van der Waals surface area (Å²) in [5.74, 6) is -0.489. The molecule has 0 saturated carbocycles. The van der Waals surface area contributed by atoms with Crippen LogP contribution in [0.4, 0.5) is 4.79 Å². The molecule has 0 aromatic carbocycles. The Kier molecular flexibility index (Phi) is 6.33. The predicted octanol–water partition coefficient (Wildman–Crippen LogP) is 2.61. The Balaban J connectivity index is 4.13. The molecule has 2 amide bonds. The molecule has 0 fully saturated rings. The van der Waals surface area contributed by atoms with Crippen molar-refractivity contribution in [3.8, 4) is 0 Å². The summed E-state index contributed by atoms with van der Waals surface area (Å²) in [7, 11) is 0. The van der Waals surface area contributed by atoms with Gasteiger partial charge in [-0.2, -0.15) is 0 Å². The zero-order chi connectivity index (χ0) is 15.3. The Morgan fingerprint density at radius 2 is 1.68 bits per heavy atom. The standard InChI is InChI=1S/C14H28N2O3/c1-10(13(2,3)4)9-15-12(19)16-14(5,6)8-7-11(17)18/h10H,7-9H2,1-6H3,(H,17,18)(H2,15,16,19). The van der Waals surface area contributed by atoms with Gasteiger partial charge in [-0.1, -0.05) is 27.7 Å². The lowest BCUT2D eigenvalue weighted by atomic mass is 9.82. The number of aliphatic carboxylic acids is 1. The van der Waals surface area contributed by atoms with Crippen LogP contribution in [0.3, 0.4) is 0 Å². The van der Waals surface area contributed by atoms with Gasteiger partial charge in [0.1, 0.15) is 0 Å². The molecule has 112 valence electrons. The number of hydrogen-bond donors (Lipinski definition) is 3. The number of nitrogens with one attached hydrogen (secondary N) is 2. The molecule has 0 radical (unpaired) electrons. The van der Waals surface area contributed by atoms with Gasteiger partial charge in [-0.05, 0) is 31.6 Å². The molecule has 0 spiro atoms. The summed E-state index contributed by atoms with van der Waals surface area (Å²) in [5.41, 5.74) is -0.375. The first-order chi connectivity index (χ1) is 8.44. The fourth-order valence-electron chi connectivity index (χ4n) is 1.39. The SMILES string of the molecule is CC(CNC(=O)NC(C)(C)CCC(=O)O)C(C)(C)C. The number of carbonyl (C=O) groups excluding carboxylic acids is 1. The van der Waals surface area contributed by atoms with Gasteiger partial charge in [0.2, 0.25) is 0 Å². The first-order valence-corrected chi connectivity index (χ1v) is 6.72. The number of carboxylic acid groups (broad SMARTS) is 1. The van der Waals surface area contributed by atoms with Crippen LogP contribution < -0.4 is 10.6 Å².